The van der Waals surface area contributed by atoms with Crippen LogP contribution in [0.5, 0.6) is 0 Å². The van der Waals surface area contributed by atoms with Crippen molar-refractivity contribution < 1.29 is 0 Å². The molecule has 0 aliphatic heterocycles. The van der Waals surface area contributed by atoms with Crippen molar-refractivity contribution in [3.05, 3.63) is 37.1 Å². The molecule has 108 valence electrons. The molecule has 0 aliphatic rings. The summed E-state index contributed by atoms with van der Waals surface area (Å²) >= 11 is 0. The molecule has 0 rings (SSSR count). The van der Waals surface area contributed by atoms with Gasteiger partial charge in [0, 0.05) is 12.4 Å². The summed E-state index contributed by atoms with van der Waals surface area (Å²) < 4.78 is 0. The normalized spacial score (nSPS) is 13.7. The molecule has 0 bridgehead atoms. The van der Waals surface area contributed by atoms with Crippen molar-refractivity contribution in [3.63, 3.8) is 0 Å². The minimum atomic E-state index is 0.622. The molecule has 1 atom stereocenters. The van der Waals surface area contributed by atoms with E-state index in [1.165, 1.54) is 56.9 Å². The predicted octanol–water partition coefficient (Wildman–Crippen LogP) is 6.09. The van der Waals surface area contributed by atoms with E-state index in [-0.39, 0.29) is 0 Å². The minimum Gasteiger partial charge on any atom is -0.264 e. The maximum absolute atomic E-state index is 4.26. The Bertz CT molecular complexity index is 286. The first kappa shape index (κ1) is 17.9. The lowest BCUT2D eigenvalue weighted by molar-refractivity contribution is 0.470. The Kier molecular flexibility index (Phi) is 12.5. The van der Waals surface area contributed by atoms with Gasteiger partial charge in [-0.2, -0.15) is 0 Å². The van der Waals surface area contributed by atoms with Gasteiger partial charge in [-0.3, -0.25) is 4.99 Å². The number of rotatable bonds is 12. The highest BCUT2D eigenvalue weighted by molar-refractivity contribution is 5.70. The Morgan fingerprint density at radius 2 is 1.68 bits per heavy atom. The Morgan fingerprint density at radius 1 is 1.00 bits per heavy atom. The Morgan fingerprint density at radius 3 is 2.26 bits per heavy atom. The van der Waals surface area contributed by atoms with Crippen LogP contribution in [0.4, 0.5) is 0 Å². The second-order valence-corrected chi connectivity index (χ2v) is 5.06. The maximum atomic E-state index is 4.26. The van der Waals surface area contributed by atoms with Crippen LogP contribution in [0, 0.1) is 5.92 Å². The number of hydrogen-bond acceptors (Lipinski definition) is 1. The van der Waals surface area contributed by atoms with Gasteiger partial charge in [-0.15, -0.1) is 0 Å². The molecule has 0 aromatic rings. The third kappa shape index (κ3) is 9.47. The van der Waals surface area contributed by atoms with Gasteiger partial charge in [0.2, 0.25) is 0 Å². The Hall–Kier alpha value is -1.11. The molecule has 0 aromatic carbocycles. The first-order valence-corrected chi connectivity index (χ1v) is 7.76. The van der Waals surface area contributed by atoms with E-state index >= 15 is 0 Å². The fraction of sp³-hybridized carbons (Fsp3) is 0.611. The van der Waals surface area contributed by atoms with Gasteiger partial charge in [0.1, 0.15) is 0 Å². The van der Waals surface area contributed by atoms with Crippen molar-refractivity contribution in [2.45, 2.75) is 65.2 Å². The van der Waals surface area contributed by atoms with Gasteiger partial charge in [0.15, 0.2) is 0 Å². The molecule has 0 amide bonds. The molecule has 1 heteroatoms. The van der Waals surface area contributed by atoms with Crippen LogP contribution >= 0.6 is 0 Å². The van der Waals surface area contributed by atoms with E-state index in [1.807, 2.05) is 12.3 Å². The average Bonchev–Trinajstić information content (AvgIpc) is 2.44. The third-order valence-electron chi connectivity index (χ3n) is 3.43. The molecular weight excluding hydrogens is 230 g/mol. The van der Waals surface area contributed by atoms with Crippen LogP contribution in [0.15, 0.2) is 42.1 Å². The smallest absolute Gasteiger partial charge is 0.0302 e. The third-order valence-corrected chi connectivity index (χ3v) is 3.43. The predicted molar refractivity (Wildman–Crippen MR) is 88.7 cm³/mol. The maximum Gasteiger partial charge on any atom is 0.0302 e. The molecule has 0 aliphatic carbocycles. The SMILES string of the molecule is C=CC=N/C=C(\C=C)C(CCCC)CCCCCC. The van der Waals surface area contributed by atoms with E-state index < -0.39 is 0 Å². The molecule has 1 nitrogen and oxygen atoms in total. The van der Waals surface area contributed by atoms with Gasteiger partial charge in [0.05, 0.1) is 0 Å². The average molecular weight is 261 g/mol. The molecule has 0 aromatic heterocycles. The number of unbranched alkanes of at least 4 members (excludes halogenated alkanes) is 4. The van der Waals surface area contributed by atoms with Crippen molar-refractivity contribution in [3.8, 4) is 0 Å². The second-order valence-electron chi connectivity index (χ2n) is 5.06. The standard InChI is InChI=1S/C18H31N/c1-5-9-11-12-14-18(13-10-6-2)17(8-4)16-19-15-7-3/h7-8,15-16,18H,3-6,9-14H2,1-2H3/b17-16+,19-15?. The topological polar surface area (TPSA) is 12.4 Å². The highest BCUT2D eigenvalue weighted by atomic mass is 14.7. The number of aliphatic imine (C=N–C) groups is 1. The Labute approximate surface area is 120 Å². The zero-order chi connectivity index (χ0) is 14.3. The summed E-state index contributed by atoms with van der Waals surface area (Å²) in [6, 6.07) is 0. The summed E-state index contributed by atoms with van der Waals surface area (Å²) in [7, 11) is 0. The van der Waals surface area contributed by atoms with Crippen molar-refractivity contribution in [2.24, 2.45) is 10.9 Å². The molecule has 0 N–H and O–H groups in total. The van der Waals surface area contributed by atoms with Gasteiger partial charge in [-0.1, -0.05) is 77.7 Å². The van der Waals surface area contributed by atoms with Gasteiger partial charge < -0.3 is 0 Å². The monoisotopic (exact) mass is 261 g/mol. The fourth-order valence-corrected chi connectivity index (χ4v) is 2.26. The van der Waals surface area contributed by atoms with Crippen LogP contribution in [-0.2, 0) is 0 Å². The minimum absolute atomic E-state index is 0.622. The van der Waals surface area contributed by atoms with Crippen LogP contribution < -0.4 is 0 Å². The largest absolute Gasteiger partial charge is 0.264 e. The summed E-state index contributed by atoms with van der Waals surface area (Å²) in [6.45, 7) is 12.1. The fourth-order valence-electron chi connectivity index (χ4n) is 2.26. The first-order chi connectivity index (χ1) is 9.29. The van der Waals surface area contributed by atoms with Gasteiger partial charge in [-0.05, 0) is 24.3 Å². The molecule has 0 saturated carbocycles. The zero-order valence-corrected chi connectivity index (χ0v) is 12.9. The van der Waals surface area contributed by atoms with Crippen LogP contribution in [0.1, 0.15) is 65.2 Å². The molecule has 0 fully saturated rings. The summed E-state index contributed by atoms with van der Waals surface area (Å²) in [4.78, 5) is 4.26. The number of allylic oxidation sites excluding steroid dienone is 3. The molecule has 1 unspecified atom stereocenters. The molecule has 0 saturated heterocycles. The van der Waals surface area contributed by atoms with E-state index in [0.29, 0.717) is 5.92 Å². The molecule has 0 heterocycles. The van der Waals surface area contributed by atoms with E-state index in [0.717, 1.165) is 0 Å². The highest BCUT2D eigenvalue weighted by Gasteiger charge is 2.11. The summed E-state index contributed by atoms with van der Waals surface area (Å²) in [6.07, 6.45) is 17.7. The van der Waals surface area contributed by atoms with E-state index in [1.54, 1.807) is 12.3 Å². The van der Waals surface area contributed by atoms with E-state index in [9.17, 15) is 0 Å². The summed E-state index contributed by atoms with van der Waals surface area (Å²) in [5.41, 5.74) is 1.28. The van der Waals surface area contributed by atoms with Crippen LogP contribution in [-0.4, -0.2) is 6.21 Å². The molecule has 0 radical (unpaired) electrons. The molecular formula is C18H31N. The van der Waals surface area contributed by atoms with Gasteiger partial charge >= 0.3 is 0 Å². The summed E-state index contributed by atoms with van der Waals surface area (Å²) in [5, 5.41) is 0. The van der Waals surface area contributed by atoms with Crippen molar-refractivity contribution in [2.75, 3.05) is 0 Å². The molecule has 0 spiro atoms. The lowest BCUT2D eigenvalue weighted by atomic mass is 9.88. The first-order valence-electron chi connectivity index (χ1n) is 7.76. The highest BCUT2D eigenvalue weighted by Crippen LogP contribution is 2.25. The lowest BCUT2D eigenvalue weighted by Crippen LogP contribution is -2.03. The lowest BCUT2D eigenvalue weighted by Gasteiger charge is -2.17. The van der Waals surface area contributed by atoms with Crippen molar-refractivity contribution >= 4 is 6.21 Å². The van der Waals surface area contributed by atoms with Crippen molar-refractivity contribution in [1.82, 2.24) is 0 Å². The Balaban J connectivity index is 4.48. The summed E-state index contributed by atoms with van der Waals surface area (Å²) in [5.74, 6) is 0.622. The van der Waals surface area contributed by atoms with Crippen molar-refractivity contribution in [1.29, 1.82) is 0 Å². The van der Waals surface area contributed by atoms with E-state index in [2.05, 4.69) is 32.0 Å². The quantitative estimate of drug-likeness (QED) is 0.229. The number of nitrogens with zero attached hydrogens (tertiary/aromatic N) is 1. The second kappa shape index (κ2) is 13.3. The van der Waals surface area contributed by atoms with Crippen LogP contribution in [0.3, 0.4) is 0 Å². The van der Waals surface area contributed by atoms with E-state index in [4.69, 9.17) is 0 Å². The number of hydrogen-bond donors (Lipinski definition) is 0. The van der Waals surface area contributed by atoms with Crippen LogP contribution in [0.25, 0.3) is 0 Å². The zero-order valence-electron chi connectivity index (χ0n) is 12.9. The van der Waals surface area contributed by atoms with Gasteiger partial charge in [-0.25, -0.2) is 0 Å². The molecule has 19 heavy (non-hydrogen) atoms. The van der Waals surface area contributed by atoms with Gasteiger partial charge in [0.25, 0.3) is 0 Å². The van der Waals surface area contributed by atoms with Crippen LogP contribution in [0.2, 0.25) is 0 Å².